The van der Waals surface area contributed by atoms with E-state index in [-0.39, 0.29) is 5.41 Å². The van der Waals surface area contributed by atoms with Gasteiger partial charge in [-0.3, -0.25) is 0 Å². The Balaban J connectivity index is 2.26. The van der Waals surface area contributed by atoms with E-state index in [0.717, 1.165) is 19.3 Å². The minimum atomic E-state index is -0.0274. The van der Waals surface area contributed by atoms with Crippen LogP contribution >= 0.6 is 0 Å². The predicted octanol–water partition coefficient (Wildman–Crippen LogP) is 3.96. The molecule has 1 fully saturated rings. The average molecular weight is 213 g/mol. The molecule has 1 saturated carbocycles. The largest absolute Gasteiger partial charge is 0.198 e. The zero-order valence-electron chi connectivity index (χ0n) is 10.4. The molecule has 0 bridgehead atoms. The quantitative estimate of drug-likeness (QED) is 0.745. The summed E-state index contributed by atoms with van der Waals surface area (Å²) in [5.41, 5.74) is 4.05. The van der Waals surface area contributed by atoms with Crippen LogP contribution in [0.1, 0.15) is 49.3 Å². The molecular formula is C15H19N. The van der Waals surface area contributed by atoms with Crippen LogP contribution in [0.3, 0.4) is 0 Å². The Morgan fingerprint density at radius 1 is 1.38 bits per heavy atom. The van der Waals surface area contributed by atoms with Gasteiger partial charge < -0.3 is 0 Å². The van der Waals surface area contributed by atoms with Crippen molar-refractivity contribution in [2.75, 3.05) is 0 Å². The van der Waals surface area contributed by atoms with Gasteiger partial charge in [0, 0.05) is 0 Å². The fraction of sp³-hybridized carbons (Fsp3) is 0.533. The van der Waals surface area contributed by atoms with E-state index in [1.165, 1.54) is 16.7 Å². The van der Waals surface area contributed by atoms with Crippen LogP contribution in [0.2, 0.25) is 0 Å². The van der Waals surface area contributed by atoms with Crippen LogP contribution in [-0.2, 0) is 6.42 Å². The molecule has 1 aliphatic rings. The Kier molecular flexibility index (Phi) is 2.76. The maximum atomic E-state index is 9.14. The van der Waals surface area contributed by atoms with Gasteiger partial charge in [0.2, 0.25) is 0 Å². The molecule has 0 aliphatic heterocycles. The lowest BCUT2D eigenvalue weighted by Gasteiger charge is -2.13. The summed E-state index contributed by atoms with van der Waals surface area (Å²) in [6.07, 6.45) is 3.10. The summed E-state index contributed by atoms with van der Waals surface area (Å²) in [5.74, 6) is 0.566. The van der Waals surface area contributed by atoms with Gasteiger partial charge in [0.05, 0.1) is 11.5 Å². The summed E-state index contributed by atoms with van der Waals surface area (Å²) < 4.78 is 0. The van der Waals surface area contributed by atoms with E-state index in [1.807, 2.05) is 0 Å². The molecule has 0 aromatic heterocycles. The lowest BCUT2D eigenvalue weighted by molar-refractivity contribution is 0.660. The van der Waals surface area contributed by atoms with E-state index >= 15 is 0 Å². The van der Waals surface area contributed by atoms with Crippen molar-refractivity contribution in [3.05, 3.63) is 34.9 Å². The third-order valence-electron chi connectivity index (χ3n) is 3.66. The molecule has 0 heterocycles. The number of benzene rings is 1. The summed E-state index contributed by atoms with van der Waals surface area (Å²) in [6, 6.07) is 9.16. The fourth-order valence-corrected chi connectivity index (χ4v) is 2.08. The summed E-state index contributed by atoms with van der Waals surface area (Å²) >= 11 is 0. The summed E-state index contributed by atoms with van der Waals surface area (Å²) in [5, 5.41) is 9.14. The first-order chi connectivity index (χ1) is 7.56. The Bertz CT molecular complexity index is 433. The van der Waals surface area contributed by atoms with Gasteiger partial charge in [0.25, 0.3) is 0 Å². The second kappa shape index (κ2) is 3.94. The molecule has 84 valence electrons. The van der Waals surface area contributed by atoms with Gasteiger partial charge in [-0.2, -0.15) is 5.26 Å². The zero-order valence-corrected chi connectivity index (χ0v) is 10.4. The molecule has 1 nitrogen and oxygen atoms in total. The van der Waals surface area contributed by atoms with Crippen LogP contribution in [-0.4, -0.2) is 0 Å². The van der Waals surface area contributed by atoms with Gasteiger partial charge in [-0.05, 0) is 48.8 Å². The zero-order chi connectivity index (χ0) is 11.8. The molecule has 0 saturated heterocycles. The highest BCUT2D eigenvalue weighted by Crippen LogP contribution is 2.48. The average Bonchev–Trinajstić information content (AvgIpc) is 3.02. The SMILES string of the molecule is Cc1ccc(C(C)C)cc1CC1(C#N)CC1. The summed E-state index contributed by atoms with van der Waals surface area (Å²) in [7, 11) is 0. The number of aryl methyl sites for hydroxylation is 1. The van der Waals surface area contributed by atoms with E-state index in [4.69, 9.17) is 5.26 Å². The van der Waals surface area contributed by atoms with E-state index < -0.39 is 0 Å². The van der Waals surface area contributed by atoms with Crippen molar-refractivity contribution in [1.82, 2.24) is 0 Å². The summed E-state index contributed by atoms with van der Waals surface area (Å²) in [6.45, 7) is 6.57. The van der Waals surface area contributed by atoms with Crippen molar-refractivity contribution in [3.63, 3.8) is 0 Å². The van der Waals surface area contributed by atoms with Gasteiger partial charge in [-0.15, -0.1) is 0 Å². The molecule has 0 atom stereocenters. The molecule has 0 radical (unpaired) electrons. The first kappa shape index (κ1) is 11.2. The van der Waals surface area contributed by atoms with Gasteiger partial charge in [-0.25, -0.2) is 0 Å². The van der Waals surface area contributed by atoms with E-state index in [1.54, 1.807) is 0 Å². The lowest BCUT2D eigenvalue weighted by Crippen LogP contribution is -2.04. The molecule has 0 amide bonds. The Morgan fingerprint density at radius 2 is 2.06 bits per heavy atom. The highest BCUT2D eigenvalue weighted by molar-refractivity contribution is 5.35. The number of nitrogens with zero attached hydrogens (tertiary/aromatic N) is 1. The van der Waals surface area contributed by atoms with Crippen LogP contribution < -0.4 is 0 Å². The molecular weight excluding hydrogens is 194 g/mol. The highest BCUT2D eigenvalue weighted by Gasteiger charge is 2.43. The number of hydrogen-bond acceptors (Lipinski definition) is 1. The van der Waals surface area contributed by atoms with E-state index in [0.29, 0.717) is 5.92 Å². The summed E-state index contributed by atoms with van der Waals surface area (Å²) in [4.78, 5) is 0. The Morgan fingerprint density at radius 3 is 2.56 bits per heavy atom. The van der Waals surface area contributed by atoms with Crippen molar-refractivity contribution >= 4 is 0 Å². The molecule has 16 heavy (non-hydrogen) atoms. The second-order valence-corrected chi connectivity index (χ2v) is 5.41. The monoisotopic (exact) mass is 213 g/mol. The Labute approximate surface area is 98.1 Å². The van der Waals surface area contributed by atoms with Gasteiger partial charge in [0.1, 0.15) is 0 Å². The number of nitriles is 1. The standard InChI is InChI=1S/C15H19N/c1-11(2)13-5-4-12(3)14(8-13)9-15(10-16)6-7-15/h4-5,8,11H,6-7,9H2,1-3H3. The van der Waals surface area contributed by atoms with Crippen LogP contribution in [0.4, 0.5) is 0 Å². The predicted molar refractivity (Wildman–Crippen MR) is 66.3 cm³/mol. The number of rotatable bonds is 3. The highest BCUT2D eigenvalue weighted by atomic mass is 14.5. The van der Waals surface area contributed by atoms with Crippen LogP contribution in [0, 0.1) is 23.7 Å². The van der Waals surface area contributed by atoms with Crippen molar-refractivity contribution in [2.45, 2.75) is 46.0 Å². The minimum Gasteiger partial charge on any atom is -0.198 e. The van der Waals surface area contributed by atoms with Crippen molar-refractivity contribution in [1.29, 1.82) is 5.26 Å². The minimum absolute atomic E-state index is 0.0274. The lowest BCUT2D eigenvalue weighted by atomic mass is 9.91. The van der Waals surface area contributed by atoms with Gasteiger partial charge >= 0.3 is 0 Å². The molecule has 0 spiro atoms. The first-order valence-electron chi connectivity index (χ1n) is 6.07. The van der Waals surface area contributed by atoms with Crippen molar-refractivity contribution < 1.29 is 0 Å². The molecule has 0 unspecified atom stereocenters. The second-order valence-electron chi connectivity index (χ2n) is 5.41. The maximum Gasteiger partial charge on any atom is 0.0693 e. The first-order valence-corrected chi connectivity index (χ1v) is 6.07. The van der Waals surface area contributed by atoms with Crippen LogP contribution in [0.5, 0.6) is 0 Å². The molecule has 1 aromatic rings. The third-order valence-corrected chi connectivity index (χ3v) is 3.66. The number of hydrogen-bond donors (Lipinski definition) is 0. The Hall–Kier alpha value is -1.29. The normalized spacial score (nSPS) is 17.2. The van der Waals surface area contributed by atoms with Crippen LogP contribution in [0.15, 0.2) is 18.2 Å². The smallest absolute Gasteiger partial charge is 0.0693 e. The van der Waals surface area contributed by atoms with E-state index in [9.17, 15) is 0 Å². The third kappa shape index (κ3) is 2.11. The van der Waals surface area contributed by atoms with Crippen molar-refractivity contribution in [3.8, 4) is 6.07 Å². The molecule has 1 heteroatoms. The molecule has 0 N–H and O–H groups in total. The fourth-order valence-electron chi connectivity index (χ4n) is 2.08. The molecule has 1 aliphatic carbocycles. The molecule has 2 rings (SSSR count). The molecule has 1 aromatic carbocycles. The van der Waals surface area contributed by atoms with E-state index in [2.05, 4.69) is 45.0 Å². The van der Waals surface area contributed by atoms with Crippen LogP contribution in [0.25, 0.3) is 0 Å². The van der Waals surface area contributed by atoms with Gasteiger partial charge in [-0.1, -0.05) is 32.0 Å². The van der Waals surface area contributed by atoms with Crippen molar-refractivity contribution in [2.24, 2.45) is 5.41 Å². The topological polar surface area (TPSA) is 23.8 Å². The van der Waals surface area contributed by atoms with Gasteiger partial charge in [0.15, 0.2) is 0 Å². The maximum absolute atomic E-state index is 9.14.